The summed E-state index contributed by atoms with van der Waals surface area (Å²) in [5.74, 6) is 0. The Morgan fingerprint density at radius 3 is 2.74 bits per heavy atom. The monoisotopic (exact) mass is 335 g/mol. The smallest absolute Gasteiger partial charge is 0.319 e. The Bertz CT molecular complexity index is 716. The van der Waals surface area contributed by atoms with Crippen LogP contribution in [0.25, 0.3) is 0 Å². The molecular weight excluding hydrogens is 310 g/mol. The molecule has 2 fully saturated rings. The normalized spacial score (nSPS) is 24.5. The fraction of sp³-hybridized carbons (Fsp3) is 0.588. The van der Waals surface area contributed by atoms with Gasteiger partial charge in [-0.2, -0.15) is 0 Å². The van der Waals surface area contributed by atoms with Crippen molar-refractivity contribution in [1.29, 1.82) is 0 Å². The second kappa shape index (κ2) is 6.15. The van der Waals surface area contributed by atoms with Gasteiger partial charge in [-0.25, -0.2) is 13.4 Å². The van der Waals surface area contributed by atoms with Crippen LogP contribution in [0.1, 0.15) is 38.5 Å². The maximum atomic E-state index is 12.3. The molecule has 0 saturated heterocycles. The maximum Gasteiger partial charge on any atom is 0.319 e. The number of rotatable bonds is 3. The van der Waals surface area contributed by atoms with E-state index in [0.717, 1.165) is 6.42 Å². The van der Waals surface area contributed by atoms with Crippen molar-refractivity contribution < 1.29 is 9.00 Å². The number of carbonyl (C=O) groups excluding carboxylic acids is 1. The van der Waals surface area contributed by atoms with Crippen molar-refractivity contribution >= 4 is 21.4 Å². The number of nitrogens with one attached hydrogen (secondary N) is 2. The molecule has 1 spiro atoms. The zero-order valence-corrected chi connectivity index (χ0v) is 14.6. The highest BCUT2D eigenvalue weighted by atomic mass is 32.2. The Hall–Kier alpha value is -1.56. The molecule has 2 aliphatic rings. The van der Waals surface area contributed by atoms with E-state index in [1.54, 1.807) is 37.6 Å². The Morgan fingerprint density at radius 2 is 2.04 bits per heavy atom. The molecule has 6 heteroatoms. The van der Waals surface area contributed by atoms with Crippen molar-refractivity contribution in [1.82, 2.24) is 5.32 Å². The minimum atomic E-state index is -2.39. The van der Waals surface area contributed by atoms with Crippen LogP contribution in [0.15, 0.2) is 33.5 Å². The van der Waals surface area contributed by atoms with Crippen molar-refractivity contribution in [3.8, 4) is 0 Å². The second-order valence-electron chi connectivity index (χ2n) is 6.79. The molecule has 2 amide bonds. The number of hydrogen-bond donors (Lipinski definition) is 2. The molecule has 2 saturated carbocycles. The molecule has 0 heterocycles. The van der Waals surface area contributed by atoms with E-state index >= 15 is 0 Å². The van der Waals surface area contributed by atoms with Crippen LogP contribution in [-0.4, -0.2) is 29.6 Å². The van der Waals surface area contributed by atoms with Gasteiger partial charge in [0, 0.05) is 29.9 Å². The van der Waals surface area contributed by atoms with E-state index < -0.39 is 9.73 Å². The first-order valence-electron chi connectivity index (χ1n) is 8.23. The average molecular weight is 335 g/mol. The van der Waals surface area contributed by atoms with Gasteiger partial charge in [0.2, 0.25) is 0 Å². The molecule has 3 rings (SSSR count). The SMILES string of the molecule is CN=S(C)(=O)c1cccc(NC(=O)NC2CC23CCCCC3)c1. The number of nitrogens with zero attached hydrogens (tertiary/aromatic N) is 1. The summed E-state index contributed by atoms with van der Waals surface area (Å²) in [5.41, 5.74) is 1.02. The Balaban J connectivity index is 1.61. The van der Waals surface area contributed by atoms with Crippen LogP contribution in [0, 0.1) is 5.41 Å². The summed E-state index contributed by atoms with van der Waals surface area (Å²) in [4.78, 5) is 12.8. The molecular formula is C17H25N3O2S. The predicted molar refractivity (Wildman–Crippen MR) is 93.2 cm³/mol. The van der Waals surface area contributed by atoms with Gasteiger partial charge in [-0.3, -0.25) is 0 Å². The van der Waals surface area contributed by atoms with Gasteiger partial charge in [-0.15, -0.1) is 0 Å². The highest BCUT2D eigenvalue weighted by Gasteiger charge is 2.54. The summed E-state index contributed by atoms with van der Waals surface area (Å²) in [6.07, 6.45) is 9.08. The second-order valence-corrected chi connectivity index (χ2v) is 9.23. The third-order valence-electron chi connectivity index (χ3n) is 5.22. The molecule has 23 heavy (non-hydrogen) atoms. The molecule has 0 bridgehead atoms. The summed E-state index contributed by atoms with van der Waals surface area (Å²) in [7, 11) is -0.839. The van der Waals surface area contributed by atoms with Crippen molar-refractivity contribution in [3.63, 3.8) is 0 Å². The maximum absolute atomic E-state index is 12.3. The molecule has 1 aromatic rings. The summed E-state index contributed by atoms with van der Waals surface area (Å²) >= 11 is 0. The van der Waals surface area contributed by atoms with Crippen LogP contribution >= 0.6 is 0 Å². The molecule has 1 aromatic carbocycles. The zero-order chi connectivity index (χ0) is 16.5. The molecule has 2 aliphatic carbocycles. The van der Waals surface area contributed by atoms with E-state index in [4.69, 9.17) is 0 Å². The van der Waals surface area contributed by atoms with Crippen LogP contribution in [0.2, 0.25) is 0 Å². The van der Waals surface area contributed by atoms with Crippen LogP contribution in [0.3, 0.4) is 0 Å². The van der Waals surface area contributed by atoms with Crippen molar-refractivity contribution in [3.05, 3.63) is 24.3 Å². The summed E-state index contributed by atoms with van der Waals surface area (Å²) in [5, 5.41) is 5.94. The van der Waals surface area contributed by atoms with Crippen LogP contribution < -0.4 is 10.6 Å². The van der Waals surface area contributed by atoms with Gasteiger partial charge in [0.05, 0.1) is 9.73 Å². The number of urea groups is 1. The van der Waals surface area contributed by atoms with E-state index in [0.29, 0.717) is 22.0 Å². The lowest BCUT2D eigenvalue weighted by Crippen LogP contribution is -2.34. The minimum absolute atomic E-state index is 0.175. The Morgan fingerprint density at radius 1 is 1.30 bits per heavy atom. The lowest BCUT2D eigenvalue weighted by molar-refractivity contribution is 0.247. The van der Waals surface area contributed by atoms with Gasteiger partial charge in [0.15, 0.2) is 0 Å². The van der Waals surface area contributed by atoms with Crippen molar-refractivity contribution in [2.24, 2.45) is 9.78 Å². The first-order valence-corrected chi connectivity index (χ1v) is 10.2. The molecule has 0 radical (unpaired) electrons. The van der Waals surface area contributed by atoms with E-state index in [1.807, 2.05) is 0 Å². The van der Waals surface area contributed by atoms with E-state index in [2.05, 4.69) is 15.0 Å². The molecule has 2 unspecified atom stereocenters. The number of hydrogen-bond acceptors (Lipinski definition) is 3. The Kier molecular flexibility index (Phi) is 4.36. The lowest BCUT2D eigenvalue weighted by atomic mass is 9.86. The van der Waals surface area contributed by atoms with Crippen LogP contribution in [-0.2, 0) is 9.73 Å². The molecule has 0 aliphatic heterocycles. The summed E-state index contributed by atoms with van der Waals surface area (Å²) < 4.78 is 16.2. The van der Waals surface area contributed by atoms with Crippen molar-refractivity contribution in [2.75, 3.05) is 18.6 Å². The molecule has 126 valence electrons. The molecule has 2 N–H and O–H groups in total. The fourth-order valence-corrected chi connectivity index (χ4v) is 4.49. The number of carbonyl (C=O) groups is 1. The Labute approximate surface area is 138 Å². The van der Waals surface area contributed by atoms with E-state index in [9.17, 15) is 9.00 Å². The van der Waals surface area contributed by atoms with E-state index in [1.165, 1.54) is 32.1 Å². The molecule has 2 atom stereocenters. The quantitative estimate of drug-likeness (QED) is 0.885. The third kappa shape index (κ3) is 3.52. The topological polar surface area (TPSA) is 70.6 Å². The van der Waals surface area contributed by atoms with Gasteiger partial charge >= 0.3 is 6.03 Å². The average Bonchev–Trinajstić information content (AvgIpc) is 3.18. The predicted octanol–water partition coefficient (Wildman–Crippen LogP) is 3.62. The van der Waals surface area contributed by atoms with Gasteiger partial charge in [0.25, 0.3) is 0 Å². The largest absolute Gasteiger partial charge is 0.335 e. The van der Waals surface area contributed by atoms with Gasteiger partial charge in [-0.05, 0) is 42.9 Å². The standard InChI is InChI=1S/C17H25N3O2S/c1-18-23(2,22)14-8-6-7-13(11-14)19-16(21)20-15-12-17(15)9-4-3-5-10-17/h6-8,11,15H,3-5,9-10,12H2,1-2H3,(H2,19,20,21). The fourth-order valence-electron chi connectivity index (χ4n) is 3.60. The zero-order valence-electron chi connectivity index (χ0n) is 13.8. The first kappa shape index (κ1) is 16.3. The van der Waals surface area contributed by atoms with Crippen LogP contribution in [0.5, 0.6) is 0 Å². The summed E-state index contributed by atoms with van der Waals surface area (Å²) in [6, 6.07) is 7.24. The molecule has 0 aromatic heterocycles. The number of benzene rings is 1. The highest BCUT2D eigenvalue weighted by molar-refractivity contribution is 7.93. The first-order chi connectivity index (χ1) is 11.0. The number of amides is 2. The van der Waals surface area contributed by atoms with Gasteiger partial charge in [-0.1, -0.05) is 25.3 Å². The highest BCUT2D eigenvalue weighted by Crippen LogP contribution is 2.56. The third-order valence-corrected chi connectivity index (χ3v) is 7.05. The van der Waals surface area contributed by atoms with E-state index in [-0.39, 0.29) is 6.03 Å². The minimum Gasteiger partial charge on any atom is -0.335 e. The lowest BCUT2D eigenvalue weighted by Gasteiger charge is -2.22. The van der Waals surface area contributed by atoms with Crippen molar-refractivity contribution in [2.45, 2.75) is 49.5 Å². The molecule has 5 nitrogen and oxygen atoms in total. The van der Waals surface area contributed by atoms with Gasteiger partial charge < -0.3 is 10.6 Å². The van der Waals surface area contributed by atoms with Crippen LogP contribution in [0.4, 0.5) is 10.5 Å². The van der Waals surface area contributed by atoms with Gasteiger partial charge in [0.1, 0.15) is 0 Å². The summed E-state index contributed by atoms with van der Waals surface area (Å²) in [6.45, 7) is 0. The number of anilines is 1.